The number of carbonyl (C=O) groups excluding carboxylic acids is 2. The lowest BCUT2D eigenvalue weighted by molar-refractivity contribution is -0.117. The molecule has 1 aromatic carbocycles. The molecule has 0 saturated carbocycles. The van der Waals surface area contributed by atoms with Crippen molar-refractivity contribution in [2.24, 2.45) is 0 Å². The van der Waals surface area contributed by atoms with Crippen LogP contribution in [0.2, 0.25) is 0 Å². The monoisotopic (exact) mass is 379 g/mol. The molecule has 8 heteroatoms. The summed E-state index contributed by atoms with van der Waals surface area (Å²) in [5.41, 5.74) is 2.20. The molecule has 2 aromatic rings. The van der Waals surface area contributed by atoms with Crippen LogP contribution in [0, 0.1) is 6.92 Å². The molecule has 0 radical (unpaired) electrons. The third kappa shape index (κ3) is 5.32. The number of hydrogen-bond donors (Lipinski definition) is 3. The first-order valence-electron chi connectivity index (χ1n) is 8.18. The van der Waals surface area contributed by atoms with E-state index in [1.54, 1.807) is 24.3 Å². The van der Waals surface area contributed by atoms with E-state index in [1.807, 2.05) is 13.0 Å². The number of nitrogens with one attached hydrogen (secondary N) is 3. The van der Waals surface area contributed by atoms with Gasteiger partial charge in [0.2, 0.25) is 5.91 Å². The van der Waals surface area contributed by atoms with Gasteiger partial charge in [0.05, 0.1) is 19.5 Å². The van der Waals surface area contributed by atoms with Gasteiger partial charge in [0.25, 0.3) is 5.91 Å². The van der Waals surface area contributed by atoms with E-state index in [4.69, 9.17) is 9.15 Å². The van der Waals surface area contributed by atoms with Gasteiger partial charge >= 0.3 is 0 Å². The first-order valence-corrected chi connectivity index (χ1v) is 8.18. The quantitative estimate of drug-likeness (QED) is 0.742. The Kier molecular flexibility index (Phi) is 7.20. The van der Waals surface area contributed by atoms with Gasteiger partial charge in [-0.25, -0.2) is 0 Å². The molecule has 26 heavy (non-hydrogen) atoms. The molecule has 1 fully saturated rings. The zero-order chi connectivity index (χ0) is 17.6. The first kappa shape index (κ1) is 20.0. The second kappa shape index (κ2) is 9.38. The Bertz CT molecular complexity index is 743. The molecule has 1 aliphatic rings. The summed E-state index contributed by atoms with van der Waals surface area (Å²) in [4.78, 5) is 24.1. The highest BCUT2D eigenvalue weighted by Gasteiger charge is 2.17. The van der Waals surface area contributed by atoms with E-state index in [2.05, 4.69) is 16.0 Å². The van der Waals surface area contributed by atoms with Crippen LogP contribution in [0.25, 0.3) is 0 Å². The van der Waals surface area contributed by atoms with Gasteiger partial charge in [-0.1, -0.05) is 0 Å². The third-order valence-electron chi connectivity index (χ3n) is 3.93. The number of rotatable bonds is 5. The number of aryl methyl sites for hydroxylation is 1. The lowest BCUT2D eigenvalue weighted by atomic mass is 10.1. The number of anilines is 2. The number of furan rings is 1. The van der Waals surface area contributed by atoms with Crippen LogP contribution in [-0.4, -0.2) is 37.6 Å². The van der Waals surface area contributed by atoms with Crippen molar-refractivity contribution in [3.63, 3.8) is 0 Å². The van der Waals surface area contributed by atoms with E-state index >= 15 is 0 Å². The van der Waals surface area contributed by atoms with E-state index < -0.39 is 0 Å². The summed E-state index contributed by atoms with van der Waals surface area (Å²) in [6, 6.07) is 8.64. The fraction of sp³-hybridized carbons (Fsp3) is 0.333. The van der Waals surface area contributed by atoms with Crippen LogP contribution >= 0.6 is 12.4 Å². The van der Waals surface area contributed by atoms with Gasteiger partial charge in [-0.15, -0.1) is 12.4 Å². The number of halogens is 1. The molecule has 1 aliphatic heterocycles. The molecule has 1 aromatic heterocycles. The minimum atomic E-state index is -0.312. The fourth-order valence-electron chi connectivity index (χ4n) is 2.66. The molecule has 7 nitrogen and oxygen atoms in total. The molecule has 3 rings (SSSR count). The standard InChI is InChI=1S/C18H21N3O4.ClH/c1-12-9-13(20-17(22)10-14-11-24-8-6-19-14)4-5-15(12)21-18(23)16-3-2-7-25-16;/h2-5,7,9,14,19H,6,8,10-11H2,1H3,(H,20,22)(H,21,23);1H. The Labute approximate surface area is 157 Å². The largest absolute Gasteiger partial charge is 0.459 e. The smallest absolute Gasteiger partial charge is 0.291 e. The summed E-state index contributed by atoms with van der Waals surface area (Å²) in [6.07, 6.45) is 1.81. The maximum atomic E-state index is 12.1. The highest BCUT2D eigenvalue weighted by molar-refractivity contribution is 6.03. The van der Waals surface area contributed by atoms with Gasteiger partial charge in [0.15, 0.2) is 5.76 Å². The van der Waals surface area contributed by atoms with E-state index in [0.29, 0.717) is 31.0 Å². The Morgan fingerprint density at radius 3 is 2.77 bits per heavy atom. The van der Waals surface area contributed by atoms with Crippen molar-refractivity contribution in [1.29, 1.82) is 0 Å². The predicted octanol–water partition coefficient (Wildman–Crippen LogP) is 2.58. The van der Waals surface area contributed by atoms with Crippen molar-refractivity contribution in [1.82, 2.24) is 5.32 Å². The number of hydrogen-bond acceptors (Lipinski definition) is 5. The van der Waals surface area contributed by atoms with Gasteiger partial charge in [-0.3, -0.25) is 9.59 Å². The van der Waals surface area contributed by atoms with E-state index in [9.17, 15) is 9.59 Å². The molecule has 3 N–H and O–H groups in total. The highest BCUT2D eigenvalue weighted by Crippen LogP contribution is 2.21. The van der Waals surface area contributed by atoms with Crippen molar-refractivity contribution in [3.05, 3.63) is 47.9 Å². The van der Waals surface area contributed by atoms with Gasteiger partial charge in [0, 0.05) is 30.4 Å². The van der Waals surface area contributed by atoms with Crippen LogP contribution in [0.3, 0.4) is 0 Å². The maximum Gasteiger partial charge on any atom is 0.291 e. The molecule has 0 aliphatic carbocycles. The SMILES string of the molecule is Cc1cc(NC(=O)CC2COCCN2)ccc1NC(=O)c1ccco1.Cl. The Balaban J connectivity index is 0.00000243. The molecule has 140 valence electrons. The van der Waals surface area contributed by atoms with Gasteiger partial charge < -0.3 is 25.1 Å². The number of morpholine rings is 1. The van der Waals surface area contributed by atoms with Crippen LogP contribution in [0.4, 0.5) is 11.4 Å². The Hall–Kier alpha value is -2.35. The zero-order valence-corrected chi connectivity index (χ0v) is 15.2. The van der Waals surface area contributed by atoms with Crippen molar-refractivity contribution in [2.45, 2.75) is 19.4 Å². The van der Waals surface area contributed by atoms with Crippen molar-refractivity contribution < 1.29 is 18.7 Å². The number of carbonyl (C=O) groups is 2. The summed E-state index contributed by atoms with van der Waals surface area (Å²) >= 11 is 0. The lowest BCUT2D eigenvalue weighted by Gasteiger charge is -2.23. The van der Waals surface area contributed by atoms with E-state index in [0.717, 1.165) is 12.1 Å². The van der Waals surface area contributed by atoms with Crippen LogP contribution in [-0.2, 0) is 9.53 Å². The molecule has 1 saturated heterocycles. The predicted molar refractivity (Wildman–Crippen MR) is 101 cm³/mol. The van der Waals surface area contributed by atoms with E-state index in [-0.39, 0.29) is 36.0 Å². The number of ether oxygens (including phenoxy) is 1. The summed E-state index contributed by atoms with van der Waals surface area (Å²) in [6.45, 7) is 3.86. The van der Waals surface area contributed by atoms with Crippen LogP contribution in [0.1, 0.15) is 22.5 Å². The second-order valence-corrected chi connectivity index (χ2v) is 5.94. The van der Waals surface area contributed by atoms with Crippen LogP contribution in [0.5, 0.6) is 0 Å². The fourth-order valence-corrected chi connectivity index (χ4v) is 2.66. The molecule has 1 atom stereocenters. The summed E-state index contributed by atoms with van der Waals surface area (Å²) in [5.74, 6) is -0.137. The number of amides is 2. The summed E-state index contributed by atoms with van der Waals surface area (Å²) < 4.78 is 10.4. The van der Waals surface area contributed by atoms with E-state index in [1.165, 1.54) is 6.26 Å². The molecule has 2 heterocycles. The molecule has 2 amide bonds. The van der Waals surface area contributed by atoms with Crippen molar-refractivity contribution >= 4 is 35.6 Å². The molecule has 1 unspecified atom stereocenters. The summed E-state index contributed by atoms with van der Waals surface area (Å²) in [7, 11) is 0. The normalized spacial score (nSPS) is 16.4. The summed E-state index contributed by atoms with van der Waals surface area (Å²) in [5, 5.41) is 8.91. The third-order valence-corrected chi connectivity index (χ3v) is 3.93. The van der Waals surface area contributed by atoms with Crippen molar-refractivity contribution in [2.75, 3.05) is 30.4 Å². The number of benzene rings is 1. The minimum Gasteiger partial charge on any atom is -0.459 e. The lowest BCUT2D eigenvalue weighted by Crippen LogP contribution is -2.43. The van der Waals surface area contributed by atoms with Crippen molar-refractivity contribution in [3.8, 4) is 0 Å². The Morgan fingerprint density at radius 1 is 1.27 bits per heavy atom. The average molecular weight is 380 g/mol. The molecule has 0 spiro atoms. The minimum absolute atomic E-state index is 0. The first-order chi connectivity index (χ1) is 12.1. The molecular formula is C18H22ClN3O4. The van der Waals surface area contributed by atoms with Crippen LogP contribution in [0.15, 0.2) is 41.0 Å². The van der Waals surface area contributed by atoms with Gasteiger partial charge in [0.1, 0.15) is 0 Å². The van der Waals surface area contributed by atoms with Gasteiger partial charge in [-0.05, 0) is 42.8 Å². The maximum absolute atomic E-state index is 12.1. The molecule has 0 bridgehead atoms. The van der Waals surface area contributed by atoms with Crippen LogP contribution < -0.4 is 16.0 Å². The zero-order valence-electron chi connectivity index (χ0n) is 14.4. The topological polar surface area (TPSA) is 92.6 Å². The average Bonchev–Trinajstić information content (AvgIpc) is 3.13. The highest BCUT2D eigenvalue weighted by atomic mass is 35.5. The second-order valence-electron chi connectivity index (χ2n) is 5.94. The van der Waals surface area contributed by atoms with Gasteiger partial charge in [-0.2, -0.15) is 0 Å². The Morgan fingerprint density at radius 2 is 2.12 bits per heavy atom. The molecular weight excluding hydrogens is 358 g/mol.